The molecule has 0 rings (SSSR count). The fraction of sp³-hybridized carbons (Fsp3) is 1.00. The Labute approximate surface area is 64.9 Å². The van der Waals surface area contributed by atoms with Crippen molar-refractivity contribution in [3.63, 3.8) is 0 Å². The molecule has 0 atom stereocenters. The van der Waals surface area contributed by atoms with E-state index in [0.717, 1.165) is 19.4 Å². The summed E-state index contributed by atoms with van der Waals surface area (Å²) in [7, 11) is 4.08. The van der Waals surface area contributed by atoms with Gasteiger partial charge in [0.15, 0.2) is 0 Å². The molecule has 0 radical (unpaired) electrons. The van der Waals surface area contributed by atoms with Crippen molar-refractivity contribution in [2.24, 2.45) is 0 Å². The summed E-state index contributed by atoms with van der Waals surface area (Å²) in [6, 6.07) is 0. The van der Waals surface area contributed by atoms with Crippen LogP contribution in [0.15, 0.2) is 0 Å². The summed E-state index contributed by atoms with van der Waals surface area (Å²) in [5.41, 5.74) is 0. The lowest BCUT2D eigenvalue weighted by Crippen LogP contribution is -2.12. The van der Waals surface area contributed by atoms with Gasteiger partial charge in [0.05, 0.1) is 0 Å². The van der Waals surface area contributed by atoms with Crippen LogP contribution in [-0.4, -0.2) is 37.3 Å². The highest BCUT2D eigenvalue weighted by Crippen LogP contribution is 1.87. The molecule has 2 heteroatoms. The maximum atomic E-state index is 8.36. The van der Waals surface area contributed by atoms with Crippen molar-refractivity contribution < 1.29 is 5.11 Å². The quantitative estimate of drug-likeness (QED) is 0.607. The molecule has 10 heavy (non-hydrogen) atoms. The van der Waals surface area contributed by atoms with Crippen LogP contribution in [0, 0.1) is 0 Å². The van der Waals surface area contributed by atoms with E-state index in [9.17, 15) is 0 Å². The Bertz CT molecular complexity index is 46.5. The summed E-state index contributed by atoms with van der Waals surface area (Å²) in [5.74, 6) is 0. The minimum atomic E-state index is 0.327. The van der Waals surface area contributed by atoms with Crippen molar-refractivity contribution in [3.8, 4) is 0 Å². The number of aliphatic hydroxyl groups excluding tert-OH is 1. The van der Waals surface area contributed by atoms with Crippen LogP contribution in [0.3, 0.4) is 0 Å². The van der Waals surface area contributed by atoms with Crippen LogP contribution in [0.5, 0.6) is 0 Å². The summed E-state index contributed by atoms with van der Waals surface area (Å²) in [6.07, 6.45) is 2.03. The molecule has 0 bridgehead atoms. The Kier molecular flexibility index (Phi) is 14.7. The summed E-state index contributed by atoms with van der Waals surface area (Å²) >= 11 is 0. The fourth-order valence-electron chi connectivity index (χ4n) is 0.540. The number of aliphatic hydroxyl groups is 1. The molecule has 0 saturated carbocycles. The zero-order chi connectivity index (χ0) is 8.41. The van der Waals surface area contributed by atoms with Gasteiger partial charge in [0, 0.05) is 6.61 Å². The van der Waals surface area contributed by atoms with Crippen molar-refractivity contribution in [1.29, 1.82) is 0 Å². The second-order valence-corrected chi connectivity index (χ2v) is 2.23. The SMILES string of the molecule is CC.CN(C)CCCCO. The molecule has 0 aliphatic rings. The highest BCUT2D eigenvalue weighted by molar-refractivity contribution is 4.42. The predicted molar refractivity (Wildman–Crippen MR) is 46.2 cm³/mol. The molecule has 0 aromatic carbocycles. The van der Waals surface area contributed by atoms with Gasteiger partial charge >= 0.3 is 0 Å². The summed E-state index contributed by atoms with van der Waals surface area (Å²) in [4.78, 5) is 2.12. The second kappa shape index (κ2) is 11.7. The summed E-state index contributed by atoms with van der Waals surface area (Å²) in [5, 5.41) is 8.36. The van der Waals surface area contributed by atoms with Gasteiger partial charge in [-0.15, -0.1) is 0 Å². The third-order valence-electron chi connectivity index (χ3n) is 1.01. The molecule has 0 saturated heterocycles. The van der Waals surface area contributed by atoms with Gasteiger partial charge in [0.25, 0.3) is 0 Å². The van der Waals surface area contributed by atoms with Gasteiger partial charge in [-0.1, -0.05) is 13.8 Å². The molecule has 0 unspecified atom stereocenters. The van der Waals surface area contributed by atoms with Gasteiger partial charge in [-0.25, -0.2) is 0 Å². The molecule has 2 nitrogen and oxygen atoms in total. The van der Waals surface area contributed by atoms with Gasteiger partial charge in [-0.05, 0) is 33.5 Å². The Morgan fingerprint density at radius 3 is 1.90 bits per heavy atom. The number of rotatable bonds is 4. The molecular weight excluding hydrogens is 126 g/mol. The van der Waals surface area contributed by atoms with Crippen LogP contribution in [0.2, 0.25) is 0 Å². The van der Waals surface area contributed by atoms with E-state index in [1.165, 1.54) is 0 Å². The zero-order valence-electron chi connectivity index (χ0n) is 7.72. The lowest BCUT2D eigenvalue weighted by Gasteiger charge is -2.06. The first-order valence-corrected chi connectivity index (χ1v) is 4.03. The smallest absolute Gasteiger partial charge is 0.0431 e. The van der Waals surface area contributed by atoms with Gasteiger partial charge in [0.1, 0.15) is 0 Å². The minimum Gasteiger partial charge on any atom is -0.396 e. The van der Waals surface area contributed by atoms with E-state index in [-0.39, 0.29) is 0 Å². The standard InChI is InChI=1S/C6H15NO.C2H6/c1-7(2)5-3-4-6-8;1-2/h8H,3-6H2,1-2H3;1-2H3. The molecular formula is C8H21NO. The second-order valence-electron chi connectivity index (χ2n) is 2.23. The van der Waals surface area contributed by atoms with Crippen molar-refractivity contribution in [3.05, 3.63) is 0 Å². The minimum absolute atomic E-state index is 0.327. The van der Waals surface area contributed by atoms with E-state index in [4.69, 9.17) is 5.11 Å². The molecule has 0 aliphatic heterocycles. The highest BCUT2D eigenvalue weighted by Gasteiger charge is 1.87. The molecule has 0 aliphatic carbocycles. The third kappa shape index (κ3) is 15.7. The topological polar surface area (TPSA) is 23.5 Å². The van der Waals surface area contributed by atoms with Crippen molar-refractivity contribution in [2.75, 3.05) is 27.2 Å². The maximum absolute atomic E-state index is 8.36. The average molecular weight is 147 g/mol. The van der Waals surface area contributed by atoms with E-state index in [1.54, 1.807) is 0 Å². The Morgan fingerprint density at radius 1 is 1.10 bits per heavy atom. The molecule has 0 heterocycles. The first kappa shape index (κ1) is 12.6. The Morgan fingerprint density at radius 2 is 1.60 bits per heavy atom. The summed E-state index contributed by atoms with van der Waals surface area (Å²) in [6.45, 7) is 5.41. The van der Waals surface area contributed by atoms with Crippen molar-refractivity contribution in [2.45, 2.75) is 26.7 Å². The monoisotopic (exact) mass is 147 g/mol. The molecule has 64 valence electrons. The van der Waals surface area contributed by atoms with E-state index >= 15 is 0 Å². The van der Waals surface area contributed by atoms with Crippen LogP contribution in [0.1, 0.15) is 26.7 Å². The van der Waals surface area contributed by atoms with Crippen LogP contribution >= 0.6 is 0 Å². The van der Waals surface area contributed by atoms with E-state index in [1.807, 2.05) is 27.9 Å². The molecule has 0 spiro atoms. The predicted octanol–water partition coefficient (Wildman–Crippen LogP) is 1.35. The van der Waals surface area contributed by atoms with Crippen LogP contribution in [0.4, 0.5) is 0 Å². The lowest BCUT2D eigenvalue weighted by molar-refractivity contribution is 0.273. The lowest BCUT2D eigenvalue weighted by atomic mass is 10.3. The van der Waals surface area contributed by atoms with E-state index < -0.39 is 0 Å². The molecule has 0 aromatic rings. The van der Waals surface area contributed by atoms with Crippen LogP contribution in [0.25, 0.3) is 0 Å². The first-order chi connectivity index (χ1) is 4.77. The third-order valence-corrected chi connectivity index (χ3v) is 1.01. The zero-order valence-corrected chi connectivity index (χ0v) is 7.72. The normalized spacial score (nSPS) is 9.00. The highest BCUT2D eigenvalue weighted by atomic mass is 16.2. The number of unbranched alkanes of at least 4 members (excludes halogenated alkanes) is 1. The average Bonchev–Trinajstić information content (AvgIpc) is 1.92. The number of hydrogen-bond acceptors (Lipinski definition) is 2. The molecule has 1 N–H and O–H groups in total. The van der Waals surface area contributed by atoms with Gasteiger partial charge in [0.2, 0.25) is 0 Å². The fourth-order valence-corrected chi connectivity index (χ4v) is 0.540. The number of hydrogen-bond donors (Lipinski definition) is 1. The molecule has 0 aromatic heterocycles. The summed E-state index contributed by atoms with van der Waals surface area (Å²) < 4.78 is 0. The number of nitrogens with zero attached hydrogens (tertiary/aromatic N) is 1. The van der Waals surface area contributed by atoms with Crippen molar-refractivity contribution >= 4 is 0 Å². The van der Waals surface area contributed by atoms with Crippen LogP contribution in [-0.2, 0) is 0 Å². The van der Waals surface area contributed by atoms with Gasteiger partial charge in [-0.2, -0.15) is 0 Å². The van der Waals surface area contributed by atoms with Crippen LogP contribution < -0.4 is 0 Å². The first-order valence-electron chi connectivity index (χ1n) is 4.03. The largest absolute Gasteiger partial charge is 0.396 e. The molecule has 0 fully saturated rings. The van der Waals surface area contributed by atoms with Crippen molar-refractivity contribution in [1.82, 2.24) is 4.90 Å². The molecule has 0 amide bonds. The Hall–Kier alpha value is -0.0800. The van der Waals surface area contributed by atoms with E-state index in [0.29, 0.717) is 6.61 Å². The van der Waals surface area contributed by atoms with E-state index in [2.05, 4.69) is 4.90 Å². The maximum Gasteiger partial charge on any atom is 0.0431 e. The Balaban J connectivity index is 0. The van der Waals surface area contributed by atoms with Gasteiger partial charge < -0.3 is 10.0 Å². The van der Waals surface area contributed by atoms with Gasteiger partial charge in [-0.3, -0.25) is 0 Å².